The number of hydrogen-bond acceptors (Lipinski definition) is 4. The smallest absolute Gasteiger partial charge is 0.256 e. The predicted molar refractivity (Wildman–Crippen MR) is 135 cm³/mol. The average molecular weight is 469 g/mol. The molecule has 2 unspecified atom stereocenters. The molecular formula is C29H32N4O2. The molecule has 1 spiro atoms. The monoisotopic (exact) mass is 468 g/mol. The van der Waals surface area contributed by atoms with Crippen LogP contribution in [0.3, 0.4) is 0 Å². The van der Waals surface area contributed by atoms with Crippen molar-refractivity contribution in [2.75, 3.05) is 19.6 Å². The number of hydrogen-bond donors (Lipinski definition) is 0. The first-order chi connectivity index (χ1) is 17.1. The molecule has 0 bridgehead atoms. The van der Waals surface area contributed by atoms with Gasteiger partial charge in [-0.1, -0.05) is 36.4 Å². The van der Waals surface area contributed by atoms with E-state index in [-0.39, 0.29) is 11.8 Å². The molecule has 6 aliphatic rings. The molecule has 1 aromatic carbocycles. The number of nitrogens with zero attached hydrogens (tertiary/aromatic N) is 4. The highest BCUT2D eigenvalue weighted by atomic mass is 16.2. The summed E-state index contributed by atoms with van der Waals surface area (Å²) in [7, 11) is 0. The van der Waals surface area contributed by atoms with E-state index < -0.39 is 5.54 Å². The van der Waals surface area contributed by atoms with E-state index in [1.807, 2.05) is 16.0 Å². The molecule has 35 heavy (non-hydrogen) atoms. The van der Waals surface area contributed by atoms with E-state index in [1.54, 1.807) is 0 Å². The zero-order valence-electron chi connectivity index (χ0n) is 20.1. The minimum atomic E-state index is -0.512. The van der Waals surface area contributed by atoms with Crippen LogP contribution in [0.25, 0.3) is 0 Å². The van der Waals surface area contributed by atoms with Gasteiger partial charge in [0.15, 0.2) is 0 Å². The quantitative estimate of drug-likeness (QED) is 0.654. The van der Waals surface area contributed by atoms with Crippen molar-refractivity contribution in [1.82, 2.24) is 9.80 Å². The number of benzene rings is 1. The maximum atomic E-state index is 13.4. The Hall–Kier alpha value is -3.02. The van der Waals surface area contributed by atoms with Crippen LogP contribution in [0.5, 0.6) is 0 Å². The third-order valence-corrected chi connectivity index (χ3v) is 8.71. The van der Waals surface area contributed by atoms with Crippen molar-refractivity contribution < 1.29 is 9.59 Å². The van der Waals surface area contributed by atoms with Crippen LogP contribution >= 0.6 is 0 Å². The van der Waals surface area contributed by atoms with E-state index >= 15 is 0 Å². The van der Waals surface area contributed by atoms with E-state index in [4.69, 9.17) is 4.99 Å². The minimum Gasteiger partial charge on any atom is -0.342 e. The molecule has 6 heteroatoms. The summed E-state index contributed by atoms with van der Waals surface area (Å²) < 4.78 is 0. The summed E-state index contributed by atoms with van der Waals surface area (Å²) in [5.74, 6) is 2.68. The Labute approximate surface area is 206 Å². The van der Waals surface area contributed by atoms with Crippen molar-refractivity contribution in [1.29, 1.82) is 0 Å². The van der Waals surface area contributed by atoms with Crippen molar-refractivity contribution in [2.45, 2.75) is 56.4 Å². The summed E-state index contributed by atoms with van der Waals surface area (Å²) >= 11 is 0. The maximum Gasteiger partial charge on any atom is 0.256 e. The van der Waals surface area contributed by atoms with E-state index in [9.17, 15) is 9.59 Å². The summed E-state index contributed by atoms with van der Waals surface area (Å²) in [6.07, 6.45) is 15.5. The molecule has 2 saturated carbocycles. The summed E-state index contributed by atoms with van der Waals surface area (Å²) in [5, 5.41) is 0. The molecular weight excluding hydrogens is 436 g/mol. The van der Waals surface area contributed by atoms with Gasteiger partial charge in [-0.15, -0.1) is 0 Å². The SMILES string of the molecule is O=C(C1CC1)N1CC[C@@H](CN2C(=O)C3(CC3)N=C2c2ccc(C3C=CC=C4N=CCCC43)cc2)C1. The second-order valence-corrected chi connectivity index (χ2v) is 11.2. The lowest BCUT2D eigenvalue weighted by Crippen LogP contribution is -2.40. The third-order valence-electron chi connectivity index (χ3n) is 8.71. The number of carbonyl (C=O) groups is 2. The van der Waals surface area contributed by atoms with Crippen LogP contribution in [0.2, 0.25) is 0 Å². The number of fused-ring (bicyclic) bond motifs is 1. The summed E-state index contributed by atoms with van der Waals surface area (Å²) in [6.45, 7) is 2.26. The molecule has 0 radical (unpaired) electrons. The standard InChI is InChI=1S/C29H32N4O2/c34-27(22-10-11-22)32-16-12-19(17-32)18-33-26(31-29(13-14-29)28(33)35)21-8-6-20(7-9-21)23-3-1-5-25-24(23)4-2-15-30-25/h1,3,5-9,15,19,22-24H,2,4,10-14,16-18H2/t19-,23?,24?/m1/s1. The van der Waals surface area contributed by atoms with Crippen molar-refractivity contribution in [3.8, 4) is 0 Å². The lowest BCUT2D eigenvalue weighted by Gasteiger charge is -2.30. The first-order valence-corrected chi connectivity index (χ1v) is 13.3. The molecule has 2 amide bonds. The van der Waals surface area contributed by atoms with Gasteiger partial charge >= 0.3 is 0 Å². The number of amides is 2. The Kier molecular flexibility index (Phi) is 4.87. The molecule has 3 aliphatic carbocycles. The van der Waals surface area contributed by atoms with E-state index in [0.717, 1.165) is 69.4 Å². The molecule has 1 aromatic rings. The van der Waals surface area contributed by atoms with E-state index in [2.05, 4.69) is 47.5 Å². The molecule has 0 aromatic heterocycles. The maximum absolute atomic E-state index is 13.4. The second-order valence-electron chi connectivity index (χ2n) is 11.2. The van der Waals surface area contributed by atoms with Crippen LogP contribution in [-0.2, 0) is 9.59 Å². The molecule has 1 saturated heterocycles. The van der Waals surface area contributed by atoms with Gasteiger partial charge in [0, 0.05) is 54.9 Å². The van der Waals surface area contributed by atoms with Crippen LogP contribution in [0.4, 0.5) is 0 Å². The highest BCUT2D eigenvalue weighted by molar-refractivity contribution is 6.16. The molecule has 3 heterocycles. The Balaban J connectivity index is 1.10. The highest BCUT2D eigenvalue weighted by Gasteiger charge is 2.57. The molecule has 6 nitrogen and oxygen atoms in total. The molecule has 3 fully saturated rings. The first kappa shape index (κ1) is 21.3. The summed E-state index contributed by atoms with van der Waals surface area (Å²) in [4.78, 5) is 39.4. The Morgan fingerprint density at radius 1 is 1.09 bits per heavy atom. The van der Waals surface area contributed by atoms with Gasteiger partial charge in [-0.05, 0) is 62.5 Å². The van der Waals surface area contributed by atoms with Crippen LogP contribution in [-0.4, -0.2) is 58.8 Å². The topological polar surface area (TPSA) is 65.3 Å². The Bertz CT molecular complexity index is 1190. The van der Waals surface area contributed by atoms with Gasteiger partial charge in [0.25, 0.3) is 5.91 Å². The third kappa shape index (κ3) is 3.69. The van der Waals surface area contributed by atoms with Crippen molar-refractivity contribution in [3.05, 3.63) is 59.3 Å². The number of carbonyl (C=O) groups excluding carboxylic acids is 2. The number of amidine groups is 1. The van der Waals surface area contributed by atoms with Gasteiger partial charge < -0.3 is 4.90 Å². The normalized spacial score (nSPS) is 30.5. The minimum absolute atomic E-state index is 0.161. The zero-order valence-corrected chi connectivity index (χ0v) is 20.1. The van der Waals surface area contributed by atoms with Crippen LogP contribution in [0.1, 0.15) is 62.0 Å². The molecule has 0 N–H and O–H groups in total. The van der Waals surface area contributed by atoms with Crippen LogP contribution in [0, 0.1) is 17.8 Å². The predicted octanol–water partition coefficient (Wildman–Crippen LogP) is 4.08. The van der Waals surface area contributed by atoms with E-state index in [0.29, 0.717) is 30.2 Å². The fourth-order valence-electron chi connectivity index (χ4n) is 6.32. The molecule has 7 rings (SSSR count). The van der Waals surface area contributed by atoms with Gasteiger partial charge in [-0.3, -0.25) is 24.5 Å². The lowest BCUT2D eigenvalue weighted by atomic mass is 9.77. The molecule has 3 aliphatic heterocycles. The average Bonchev–Trinajstić information content (AvgIpc) is 3.82. The molecule has 180 valence electrons. The first-order valence-electron chi connectivity index (χ1n) is 13.3. The second kappa shape index (κ2) is 8.00. The van der Waals surface area contributed by atoms with Crippen molar-refractivity contribution in [2.24, 2.45) is 27.7 Å². The fourth-order valence-corrected chi connectivity index (χ4v) is 6.32. The summed E-state index contributed by atoms with van der Waals surface area (Å²) in [5.41, 5.74) is 2.99. The highest BCUT2D eigenvalue weighted by Crippen LogP contribution is 2.46. The summed E-state index contributed by atoms with van der Waals surface area (Å²) in [6, 6.07) is 8.71. The Morgan fingerprint density at radius 2 is 1.91 bits per heavy atom. The fraction of sp³-hybridized carbons (Fsp3) is 0.517. The number of rotatable bonds is 5. The number of aliphatic imine (C=N–C) groups is 2. The van der Waals surface area contributed by atoms with Gasteiger partial charge in [-0.2, -0.15) is 0 Å². The largest absolute Gasteiger partial charge is 0.342 e. The molecule has 3 atom stereocenters. The van der Waals surface area contributed by atoms with Gasteiger partial charge in [0.05, 0.1) is 0 Å². The Morgan fingerprint density at radius 3 is 2.69 bits per heavy atom. The lowest BCUT2D eigenvalue weighted by molar-refractivity contribution is -0.131. The van der Waals surface area contributed by atoms with Gasteiger partial charge in [-0.25, -0.2) is 0 Å². The van der Waals surface area contributed by atoms with Crippen molar-refractivity contribution in [3.63, 3.8) is 0 Å². The van der Waals surface area contributed by atoms with E-state index in [1.165, 1.54) is 11.3 Å². The van der Waals surface area contributed by atoms with Gasteiger partial charge in [0.2, 0.25) is 5.91 Å². The van der Waals surface area contributed by atoms with Crippen LogP contribution in [0.15, 0.2) is 58.2 Å². The van der Waals surface area contributed by atoms with Crippen LogP contribution < -0.4 is 0 Å². The van der Waals surface area contributed by atoms with Gasteiger partial charge in [0.1, 0.15) is 11.4 Å². The zero-order chi connectivity index (χ0) is 23.6. The number of allylic oxidation sites excluding steroid dienone is 4. The number of likely N-dealkylation sites (tertiary alicyclic amines) is 1. The van der Waals surface area contributed by atoms with Crippen molar-refractivity contribution >= 4 is 23.9 Å².